The number of rotatable bonds is 4. The van der Waals surface area contributed by atoms with Crippen LogP contribution in [0.2, 0.25) is 0 Å². The number of hydrogen-bond donors (Lipinski definition) is 1. The van der Waals surface area contributed by atoms with Gasteiger partial charge in [-0.25, -0.2) is 8.78 Å². The van der Waals surface area contributed by atoms with Gasteiger partial charge in [0.15, 0.2) is 0 Å². The molecule has 1 aliphatic heterocycles. The van der Waals surface area contributed by atoms with Crippen molar-refractivity contribution in [2.45, 2.75) is 25.7 Å². The van der Waals surface area contributed by atoms with Crippen molar-refractivity contribution >= 4 is 5.91 Å². The second-order valence-corrected chi connectivity index (χ2v) is 4.03. The molecule has 1 N–H and O–H groups in total. The van der Waals surface area contributed by atoms with Crippen LogP contribution in [0.3, 0.4) is 0 Å². The summed E-state index contributed by atoms with van der Waals surface area (Å²) in [6.45, 7) is 2.23. The number of alkyl halides is 2. The zero-order valence-electron chi connectivity index (χ0n) is 9.22. The summed E-state index contributed by atoms with van der Waals surface area (Å²) in [5.74, 6) is -3.01. The van der Waals surface area contributed by atoms with Crippen molar-refractivity contribution in [2.75, 3.05) is 26.7 Å². The molecule has 1 fully saturated rings. The number of hydrogen-bond acceptors (Lipinski definition) is 2. The lowest BCUT2D eigenvalue weighted by Crippen LogP contribution is -2.39. The van der Waals surface area contributed by atoms with E-state index in [9.17, 15) is 13.6 Å². The maximum Gasteiger partial charge on any atom is 0.267 e. The van der Waals surface area contributed by atoms with Crippen LogP contribution in [-0.2, 0) is 4.79 Å². The lowest BCUT2D eigenvalue weighted by Gasteiger charge is -2.22. The third kappa shape index (κ3) is 3.12. The first-order chi connectivity index (χ1) is 7.00. The van der Waals surface area contributed by atoms with E-state index in [2.05, 4.69) is 5.32 Å². The number of carbonyl (C=O) groups excluding carboxylic acids is 1. The average molecular weight is 220 g/mol. The van der Waals surface area contributed by atoms with Gasteiger partial charge in [0.1, 0.15) is 0 Å². The lowest BCUT2D eigenvalue weighted by molar-refractivity contribution is -0.135. The van der Waals surface area contributed by atoms with Gasteiger partial charge in [0.05, 0.1) is 12.5 Å². The van der Waals surface area contributed by atoms with Crippen LogP contribution in [0.25, 0.3) is 0 Å². The van der Waals surface area contributed by atoms with E-state index in [1.807, 2.05) is 6.92 Å². The van der Waals surface area contributed by atoms with Gasteiger partial charge < -0.3 is 10.2 Å². The number of amides is 1. The number of halogens is 2. The summed E-state index contributed by atoms with van der Waals surface area (Å²) in [5, 5.41) is 2.91. The Morgan fingerprint density at radius 1 is 1.60 bits per heavy atom. The summed E-state index contributed by atoms with van der Waals surface area (Å²) in [6, 6.07) is 0. The molecule has 0 aromatic heterocycles. The summed E-state index contributed by atoms with van der Waals surface area (Å²) < 4.78 is 25.8. The predicted octanol–water partition coefficient (Wildman–Crippen LogP) is 1.10. The molecule has 1 rings (SSSR count). The molecule has 0 bridgehead atoms. The van der Waals surface area contributed by atoms with Gasteiger partial charge in [0, 0.05) is 19.5 Å². The quantitative estimate of drug-likeness (QED) is 0.769. The molecule has 15 heavy (non-hydrogen) atoms. The fraction of sp³-hybridized carbons (Fsp3) is 0.900. The van der Waals surface area contributed by atoms with Gasteiger partial charge >= 0.3 is 0 Å². The zero-order valence-corrected chi connectivity index (χ0v) is 9.22. The fourth-order valence-electron chi connectivity index (χ4n) is 1.83. The van der Waals surface area contributed by atoms with Gasteiger partial charge in [-0.1, -0.05) is 6.92 Å². The van der Waals surface area contributed by atoms with Crippen molar-refractivity contribution in [1.29, 1.82) is 0 Å². The van der Waals surface area contributed by atoms with Crippen molar-refractivity contribution in [3.63, 3.8) is 0 Å². The molecule has 0 radical (unpaired) electrons. The first-order valence-electron chi connectivity index (χ1n) is 5.31. The van der Waals surface area contributed by atoms with Gasteiger partial charge in [0.25, 0.3) is 5.92 Å². The van der Waals surface area contributed by atoms with Crippen molar-refractivity contribution < 1.29 is 13.6 Å². The van der Waals surface area contributed by atoms with E-state index in [1.54, 1.807) is 7.05 Å². The Hall–Kier alpha value is -0.710. The van der Waals surface area contributed by atoms with Gasteiger partial charge in [-0.05, 0) is 13.5 Å². The van der Waals surface area contributed by atoms with E-state index in [-0.39, 0.29) is 24.8 Å². The Labute approximate surface area is 88.8 Å². The van der Waals surface area contributed by atoms with Crippen molar-refractivity contribution in [3.05, 3.63) is 0 Å². The predicted molar refractivity (Wildman–Crippen MR) is 53.9 cm³/mol. The second kappa shape index (κ2) is 4.88. The second-order valence-electron chi connectivity index (χ2n) is 4.03. The molecule has 1 aliphatic rings. The molecule has 0 aromatic carbocycles. The molecule has 3 nitrogen and oxygen atoms in total. The maximum absolute atomic E-state index is 12.9. The van der Waals surface area contributed by atoms with Gasteiger partial charge in [-0.3, -0.25) is 4.79 Å². The summed E-state index contributed by atoms with van der Waals surface area (Å²) in [5.41, 5.74) is 0. The third-order valence-electron chi connectivity index (χ3n) is 2.77. The first-order valence-corrected chi connectivity index (χ1v) is 5.31. The van der Waals surface area contributed by atoms with E-state index < -0.39 is 12.5 Å². The van der Waals surface area contributed by atoms with Crippen LogP contribution in [-0.4, -0.2) is 43.4 Å². The molecule has 1 atom stereocenters. The van der Waals surface area contributed by atoms with Gasteiger partial charge in [0.2, 0.25) is 5.91 Å². The van der Waals surface area contributed by atoms with Gasteiger partial charge in [-0.2, -0.15) is 0 Å². The topological polar surface area (TPSA) is 32.3 Å². The Kier molecular flexibility index (Phi) is 4.02. The van der Waals surface area contributed by atoms with E-state index in [1.165, 1.54) is 4.90 Å². The smallest absolute Gasteiger partial charge is 0.267 e. The molecule has 0 aliphatic carbocycles. The molecule has 0 aromatic rings. The molecule has 88 valence electrons. The maximum atomic E-state index is 12.9. The zero-order chi connectivity index (χ0) is 11.5. The normalized spacial score (nSPS) is 21.7. The third-order valence-corrected chi connectivity index (χ3v) is 2.77. The summed E-state index contributed by atoms with van der Waals surface area (Å²) in [7, 11) is 1.76. The van der Waals surface area contributed by atoms with Gasteiger partial charge in [-0.15, -0.1) is 0 Å². The standard InChI is InChI=1S/C10H18F2N2O/c1-3-8(6-13-2)9(15)14-5-4-10(11,12)7-14/h8,13H,3-7H2,1-2H3. The monoisotopic (exact) mass is 220 g/mol. The summed E-state index contributed by atoms with van der Waals surface area (Å²) in [6.07, 6.45) is 0.483. The van der Waals surface area contributed by atoms with Crippen molar-refractivity contribution in [2.24, 2.45) is 5.92 Å². The van der Waals surface area contributed by atoms with Crippen LogP contribution in [0.5, 0.6) is 0 Å². The largest absolute Gasteiger partial charge is 0.336 e. The number of nitrogens with zero attached hydrogens (tertiary/aromatic N) is 1. The minimum Gasteiger partial charge on any atom is -0.336 e. The lowest BCUT2D eigenvalue weighted by atomic mass is 10.1. The van der Waals surface area contributed by atoms with E-state index in [0.717, 1.165) is 0 Å². The fourth-order valence-corrected chi connectivity index (χ4v) is 1.83. The molecule has 5 heteroatoms. The number of nitrogens with one attached hydrogen (secondary N) is 1. The highest BCUT2D eigenvalue weighted by Crippen LogP contribution is 2.27. The van der Waals surface area contributed by atoms with Crippen LogP contribution in [0.1, 0.15) is 19.8 Å². The Morgan fingerprint density at radius 2 is 2.27 bits per heavy atom. The van der Waals surface area contributed by atoms with E-state index in [0.29, 0.717) is 13.0 Å². The van der Waals surface area contributed by atoms with E-state index in [4.69, 9.17) is 0 Å². The Morgan fingerprint density at radius 3 is 2.67 bits per heavy atom. The Bertz CT molecular complexity index is 233. The highest BCUT2D eigenvalue weighted by Gasteiger charge is 2.41. The van der Waals surface area contributed by atoms with Crippen LogP contribution >= 0.6 is 0 Å². The molecule has 1 saturated heterocycles. The number of carbonyl (C=O) groups is 1. The minimum atomic E-state index is -2.69. The van der Waals surface area contributed by atoms with E-state index >= 15 is 0 Å². The minimum absolute atomic E-state index is 0.149. The highest BCUT2D eigenvalue weighted by molar-refractivity contribution is 5.79. The van der Waals surface area contributed by atoms with Crippen LogP contribution < -0.4 is 5.32 Å². The summed E-state index contributed by atoms with van der Waals surface area (Å²) >= 11 is 0. The highest BCUT2D eigenvalue weighted by atomic mass is 19.3. The molecular weight excluding hydrogens is 202 g/mol. The molecule has 0 saturated carbocycles. The van der Waals surface area contributed by atoms with Crippen LogP contribution in [0.15, 0.2) is 0 Å². The first kappa shape index (κ1) is 12.4. The molecule has 0 spiro atoms. The molecule has 1 heterocycles. The molecular formula is C10H18F2N2O. The number of likely N-dealkylation sites (tertiary alicyclic amines) is 1. The van der Waals surface area contributed by atoms with Crippen LogP contribution in [0, 0.1) is 5.92 Å². The van der Waals surface area contributed by atoms with Crippen molar-refractivity contribution in [1.82, 2.24) is 10.2 Å². The average Bonchev–Trinajstić information content (AvgIpc) is 2.54. The summed E-state index contributed by atoms with van der Waals surface area (Å²) in [4.78, 5) is 13.1. The van der Waals surface area contributed by atoms with Crippen molar-refractivity contribution in [3.8, 4) is 0 Å². The molecule has 1 amide bonds. The Balaban J connectivity index is 2.53. The SMILES string of the molecule is CCC(CNC)C(=O)N1CCC(F)(F)C1. The molecule has 1 unspecified atom stereocenters. The van der Waals surface area contributed by atoms with Crippen LogP contribution in [0.4, 0.5) is 8.78 Å².